The maximum atomic E-state index is 5.72. The summed E-state index contributed by atoms with van der Waals surface area (Å²) in [6, 6.07) is 3.55. The third-order valence-corrected chi connectivity index (χ3v) is 1.84. The largest absolute Gasteiger partial charge is 0.239 e. The first-order valence-corrected chi connectivity index (χ1v) is 3.89. The van der Waals surface area contributed by atoms with Gasteiger partial charge in [0.05, 0.1) is 11.2 Å². The highest BCUT2D eigenvalue weighted by atomic mass is 35.5. The number of aromatic nitrogens is 3. The van der Waals surface area contributed by atoms with Crippen molar-refractivity contribution in [2.75, 3.05) is 0 Å². The van der Waals surface area contributed by atoms with Gasteiger partial charge >= 0.3 is 0 Å². The molecule has 60 valence electrons. The summed E-state index contributed by atoms with van der Waals surface area (Å²) >= 11 is 5.72. The topological polar surface area (TPSA) is 38.7 Å². The molecule has 2 aromatic rings. The van der Waals surface area contributed by atoms with Gasteiger partial charge < -0.3 is 0 Å². The van der Waals surface area contributed by atoms with Gasteiger partial charge in [0.15, 0.2) is 0 Å². The van der Waals surface area contributed by atoms with Crippen molar-refractivity contribution < 1.29 is 0 Å². The van der Waals surface area contributed by atoms with Gasteiger partial charge in [-0.15, -0.1) is 0 Å². The van der Waals surface area contributed by atoms with E-state index in [1.807, 2.05) is 13.0 Å². The Labute approximate surface area is 74.4 Å². The number of hydrogen-bond donors (Lipinski definition) is 0. The molecule has 0 fully saturated rings. The van der Waals surface area contributed by atoms with Crippen molar-refractivity contribution in [3.05, 3.63) is 29.3 Å². The third-order valence-electron chi connectivity index (χ3n) is 1.63. The van der Waals surface area contributed by atoms with Crippen molar-refractivity contribution in [3.63, 3.8) is 0 Å². The Hall–Kier alpha value is -1.22. The number of nitrogens with zero attached hydrogens (tertiary/aromatic N) is 3. The predicted molar refractivity (Wildman–Crippen MR) is 47.1 cm³/mol. The highest BCUT2D eigenvalue weighted by molar-refractivity contribution is 6.29. The quantitative estimate of drug-likeness (QED) is 0.581. The van der Waals surface area contributed by atoms with Gasteiger partial charge in [-0.05, 0) is 19.1 Å². The minimum atomic E-state index is 0.473. The third kappa shape index (κ3) is 1.12. The predicted octanol–water partition coefficient (Wildman–Crippen LogP) is 1.99. The molecule has 12 heavy (non-hydrogen) atoms. The van der Waals surface area contributed by atoms with Gasteiger partial charge in [-0.3, -0.25) is 0 Å². The molecule has 0 aliphatic rings. The molecule has 0 spiro atoms. The van der Waals surface area contributed by atoms with E-state index in [0.29, 0.717) is 5.15 Å². The number of rotatable bonds is 0. The summed E-state index contributed by atoms with van der Waals surface area (Å²) in [6.45, 7) is 1.88. The van der Waals surface area contributed by atoms with Crippen LogP contribution >= 0.6 is 11.6 Å². The number of halogens is 1. The Morgan fingerprint density at radius 3 is 2.92 bits per heavy atom. The van der Waals surface area contributed by atoms with Crippen molar-refractivity contribution in [3.8, 4) is 0 Å². The standard InChI is InChI=1S/C8H6ClN3/c1-5-8-6(11-4-10-5)2-3-7(9)12-8/h2-4H,1H3. The lowest BCUT2D eigenvalue weighted by atomic mass is 10.3. The van der Waals surface area contributed by atoms with E-state index >= 15 is 0 Å². The Morgan fingerprint density at radius 1 is 1.25 bits per heavy atom. The fraction of sp³-hybridized carbons (Fsp3) is 0.125. The smallest absolute Gasteiger partial charge is 0.129 e. The van der Waals surface area contributed by atoms with Gasteiger partial charge in [-0.25, -0.2) is 15.0 Å². The Bertz CT molecular complexity index is 428. The van der Waals surface area contributed by atoms with E-state index in [1.165, 1.54) is 6.33 Å². The summed E-state index contributed by atoms with van der Waals surface area (Å²) in [5.41, 5.74) is 2.44. The number of hydrogen-bond acceptors (Lipinski definition) is 3. The first kappa shape index (κ1) is 7.43. The molecule has 0 aliphatic heterocycles. The Kier molecular flexibility index (Phi) is 1.66. The van der Waals surface area contributed by atoms with Gasteiger partial charge in [0, 0.05) is 0 Å². The molecule has 2 heterocycles. The summed E-state index contributed by atoms with van der Waals surface area (Å²) in [6.07, 6.45) is 1.52. The van der Waals surface area contributed by atoms with Crippen LogP contribution in [0.25, 0.3) is 11.0 Å². The zero-order valence-corrected chi connectivity index (χ0v) is 7.21. The summed E-state index contributed by atoms with van der Waals surface area (Å²) in [7, 11) is 0. The second kappa shape index (κ2) is 2.68. The van der Waals surface area contributed by atoms with Crippen molar-refractivity contribution >= 4 is 22.6 Å². The molecule has 0 N–H and O–H groups in total. The van der Waals surface area contributed by atoms with Crippen LogP contribution in [0, 0.1) is 6.92 Å². The molecule has 0 saturated carbocycles. The molecular formula is C8H6ClN3. The van der Waals surface area contributed by atoms with E-state index in [0.717, 1.165) is 16.7 Å². The molecule has 0 amide bonds. The second-order valence-corrected chi connectivity index (χ2v) is 2.85. The minimum Gasteiger partial charge on any atom is -0.239 e. The van der Waals surface area contributed by atoms with Gasteiger partial charge in [0.2, 0.25) is 0 Å². The molecule has 0 saturated heterocycles. The van der Waals surface area contributed by atoms with Crippen molar-refractivity contribution in [2.45, 2.75) is 6.92 Å². The normalized spacial score (nSPS) is 10.5. The van der Waals surface area contributed by atoms with Gasteiger partial charge in [-0.1, -0.05) is 11.6 Å². The molecule has 2 aromatic heterocycles. The first-order chi connectivity index (χ1) is 5.77. The molecule has 4 heteroatoms. The van der Waals surface area contributed by atoms with Gasteiger partial charge in [0.1, 0.15) is 17.0 Å². The van der Waals surface area contributed by atoms with Crippen LogP contribution in [0.1, 0.15) is 5.69 Å². The van der Waals surface area contributed by atoms with Crippen LogP contribution in [-0.2, 0) is 0 Å². The average molecular weight is 180 g/mol. The lowest BCUT2D eigenvalue weighted by molar-refractivity contribution is 1.13. The molecule has 0 aliphatic carbocycles. The monoisotopic (exact) mass is 179 g/mol. The van der Waals surface area contributed by atoms with Crippen LogP contribution in [0.4, 0.5) is 0 Å². The maximum Gasteiger partial charge on any atom is 0.129 e. The van der Waals surface area contributed by atoms with Crippen LogP contribution in [-0.4, -0.2) is 15.0 Å². The van der Waals surface area contributed by atoms with Crippen LogP contribution in [0.15, 0.2) is 18.5 Å². The van der Waals surface area contributed by atoms with Crippen molar-refractivity contribution in [1.82, 2.24) is 15.0 Å². The van der Waals surface area contributed by atoms with E-state index in [1.54, 1.807) is 6.07 Å². The average Bonchev–Trinajstić information content (AvgIpc) is 2.07. The number of aryl methyl sites for hydroxylation is 1. The van der Waals surface area contributed by atoms with E-state index in [2.05, 4.69) is 15.0 Å². The summed E-state index contributed by atoms with van der Waals surface area (Å²) < 4.78 is 0. The first-order valence-electron chi connectivity index (χ1n) is 3.51. The molecule has 0 radical (unpaired) electrons. The fourth-order valence-corrected chi connectivity index (χ4v) is 1.18. The van der Waals surface area contributed by atoms with Crippen LogP contribution in [0.3, 0.4) is 0 Å². The molecule has 0 unspecified atom stereocenters. The van der Waals surface area contributed by atoms with Crippen molar-refractivity contribution in [1.29, 1.82) is 0 Å². The van der Waals surface area contributed by atoms with Crippen LogP contribution < -0.4 is 0 Å². The number of fused-ring (bicyclic) bond motifs is 1. The minimum absolute atomic E-state index is 0.473. The number of pyridine rings is 1. The van der Waals surface area contributed by atoms with E-state index in [4.69, 9.17) is 11.6 Å². The molecule has 0 bridgehead atoms. The molecule has 2 rings (SSSR count). The maximum absolute atomic E-state index is 5.72. The van der Waals surface area contributed by atoms with Gasteiger partial charge in [-0.2, -0.15) is 0 Å². The van der Waals surface area contributed by atoms with Crippen molar-refractivity contribution in [2.24, 2.45) is 0 Å². The zero-order valence-electron chi connectivity index (χ0n) is 6.45. The summed E-state index contributed by atoms with van der Waals surface area (Å²) in [4.78, 5) is 12.2. The molecular weight excluding hydrogens is 174 g/mol. The second-order valence-electron chi connectivity index (χ2n) is 2.46. The Balaban J connectivity index is 2.88. The molecule has 0 aromatic carbocycles. The van der Waals surface area contributed by atoms with Gasteiger partial charge in [0.25, 0.3) is 0 Å². The fourth-order valence-electron chi connectivity index (χ4n) is 1.04. The lowest BCUT2D eigenvalue weighted by Gasteiger charge is -1.98. The van der Waals surface area contributed by atoms with E-state index in [-0.39, 0.29) is 0 Å². The highest BCUT2D eigenvalue weighted by Crippen LogP contribution is 2.14. The molecule has 3 nitrogen and oxygen atoms in total. The SMILES string of the molecule is Cc1ncnc2ccc(Cl)nc12. The van der Waals surface area contributed by atoms with Crippen LogP contribution in [0.5, 0.6) is 0 Å². The summed E-state index contributed by atoms with van der Waals surface area (Å²) in [5.74, 6) is 0. The highest BCUT2D eigenvalue weighted by Gasteiger charge is 2.00. The zero-order chi connectivity index (χ0) is 8.55. The van der Waals surface area contributed by atoms with Crippen LogP contribution in [0.2, 0.25) is 5.15 Å². The Morgan fingerprint density at radius 2 is 2.08 bits per heavy atom. The van der Waals surface area contributed by atoms with E-state index in [9.17, 15) is 0 Å². The lowest BCUT2D eigenvalue weighted by Crippen LogP contribution is -1.89. The van der Waals surface area contributed by atoms with E-state index < -0.39 is 0 Å². The summed E-state index contributed by atoms with van der Waals surface area (Å²) in [5, 5.41) is 0.473. The molecule has 0 atom stereocenters.